The number of hydrogen-bond donors (Lipinski definition) is 2. The second-order valence-corrected chi connectivity index (χ2v) is 9.96. The zero-order valence-electron chi connectivity index (χ0n) is 25.2. The van der Waals surface area contributed by atoms with Gasteiger partial charge < -0.3 is 29.8 Å². The number of alkyl carbamates (subject to hydrolysis) is 1. The molecule has 0 aliphatic rings. The van der Waals surface area contributed by atoms with Crippen molar-refractivity contribution in [1.82, 2.24) is 19.9 Å². The number of unbranched alkanes of at least 4 members (excludes halogenated alkanes) is 1. The Bertz CT molecular complexity index is 1560. The van der Waals surface area contributed by atoms with Crippen molar-refractivity contribution in [2.45, 2.75) is 45.9 Å². The van der Waals surface area contributed by atoms with Gasteiger partial charge >= 0.3 is 12.1 Å². The lowest BCUT2D eigenvalue weighted by atomic mass is 10.1. The van der Waals surface area contributed by atoms with E-state index in [0.29, 0.717) is 40.6 Å². The first kappa shape index (κ1) is 32.0. The number of carbonyl (C=O) groups is 3. The maximum absolute atomic E-state index is 13.6. The number of aryl methyl sites for hydroxylation is 1. The number of carbonyl (C=O) groups excluding carboxylic acids is 3. The Morgan fingerprint density at radius 2 is 1.84 bits per heavy atom. The fourth-order valence-electron chi connectivity index (χ4n) is 4.42. The molecule has 12 nitrogen and oxygen atoms in total. The molecule has 0 saturated carbocycles. The van der Waals surface area contributed by atoms with Crippen LogP contribution in [0.25, 0.3) is 11.0 Å². The number of anilines is 1. The number of imidazole rings is 1. The first-order valence-electron chi connectivity index (χ1n) is 14.6. The average Bonchev–Trinajstić information content (AvgIpc) is 3.35. The van der Waals surface area contributed by atoms with E-state index in [9.17, 15) is 14.4 Å². The minimum Gasteiger partial charge on any atom is -0.486 e. The van der Waals surface area contributed by atoms with Crippen LogP contribution in [0.5, 0.6) is 5.75 Å². The summed E-state index contributed by atoms with van der Waals surface area (Å²) in [7, 11) is 1.88. The van der Waals surface area contributed by atoms with Crippen LogP contribution in [0, 0.1) is 0 Å². The molecule has 0 radical (unpaired) electrons. The number of nitrogens with one attached hydrogen (secondary N) is 1. The van der Waals surface area contributed by atoms with Crippen LogP contribution in [0.1, 0.15) is 61.0 Å². The molecule has 2 heterocycles. The zero-order chi connectivity index (χ0) is 31.5. The number of pyridine rings is 1. The summed E-state index contributed by atoms with van der Waals surface area (Å²) in [5, 5.41) is 2.61. The van der Waals surface area contributed by atoms with E-state index >= 15 is 0 Å². The minimum absolute atomic E-state index is 0.0402. The third-order valence-corrected chi connectivity index (χ3v) is 6.85. The molecular weight excluding hydrogens is 564 g/mol. The molecular formula is C32H38N6O6. The van der Waals surface area contributed by atoms with Gasteiger partial charge in [0.2, 0.25) is 0 Å². The van der Waals surface area contributed by atoms with Gasteiger partial charge in [0.15, 0.2) is 0 Å². The zero-order valence-corrected chi connectivity index (χ0v) is 25.2. The normalized spacial score (nSPS) is 11.5. The predicted molar refractivity (Wildman–Crippen MR) is 165 cm³/mol. The van der Waals surface area contributed by atoms with E-state index in [0.717, 1.165) is 18.4 Å². The fraction of sp³-hybridized carbons (Fsp3) is 0.344. The summed E-state index contributed by atoms with van der Waals surface area (Å²) in [6.07, 6.45) is 2.09. The Morgan fingerprint density at radius 3 is 2.55 bits per heavy atom. The molecule has 2 aromatic carbocycles. The lowest BCUT2D eigenvalue weighted by molar-refractivity contribution is -0.142. The van der Waals surface area contributed by atoms with Crippen molar-refractivity contribution in [3.8, 4) is 5.75 Å². The molecule has 44 heavy (non-hydrogen) atoms. The van der Waals surface area contributed by atoms with Crippen LogP contribution in [0.4, 0.5) is 10.6 Å². The molecule has 4 aromatic rings. The highest BCUT2D eigenvalue weighted by atomic mass is 16.5. The highest BCUT2D eigenvalue weighted by Crippen LogP contribution is 2.22. The smallest absolute Gasteiger partial charge is 0.408 e. The van der Waals surface area contributed by atoms with E-state index in [1.807, 2.05) is 24.6 Å². The first-order chi connectivity index (χ1) is 21.3. The molecule has 0 aliphatic carbocycles. The molecule has 3 N–H and O–H groups in total. The second kappa shape index (κ2) is 15.5. The Hall–Kier alpha value is -4.97. The van der Waals surface area contributed by atoms with Crippen molar-refractivity contribution in [3.05, 3.63) is 83.8 Å². The first-order valence-corrected chi connectivity index (χ1v) is 14.6. The maximum atomic E-state index is 13.6. The fourth-order valence-corrected chi connectivity index (χ4v) is 4.42. The van der Waals surface area contributed by atoms with Gasteiger partial charge in [-0.25, -0.2) is 14.8 Å². The number of benzene rings is 2. The van der Waals surface area contributed by atoms with Crippen LogP contribution < -0.4 is 20.7 Å². The number of amides is 2. The lowest BCUT2D eigenvalue weighted by Gasteiger charge is -2.21. The van der Waals surface area contributed by atoms with E-state index in [1.165, 1.54) is 4.90 Å². The summed E-state index contributed by atoms with van der Waals surface area (Å²) in [4.78, 5) is 48.0. The summed E-state index contributed by atoms with van der Waals surface area (Å²) in [5.74, 6) is 1.00. The topological polar surface area (TPSA) is 151 Å². The van der Waals surface area contributed by atoms with E-state index in [2.05, 4.69) is 10.3 Å². The van der Waals surface area contributed by atoms with Crippen LogP contribution in [0.15, 0.2) is 66.9 Å². The number of hydrogen-bond acceptors (Lipinski definition) is 9. The third kappa shape index (κ3) is 8.32. The van der Waals surface area contributed by atoms with Gasteiger partial charge in [0.05, 0.1) is 30.7 Å². The van der Waals surface area contributed by atoms with Crippen LogP contribution in [-0.2, 0) is 27.9 Å². The highest BCUT2D eigenvalue weighted by Gasteiger charge is 2.21. The Labute approximate surface area is 256 Å². The van der Waals surface area contributed by atoms with Crippen molar-refractivity contribution < 1.29 is 28.6 Å². The van der Waals surface area contributed by atoms with Gasteiger partial charge in [-0.2, -0.15) is 0 Å². The van der Waals surface area contributed by atoms with E-state index in [-0.39, 0.29) is 38.1 Å². The number of nitrogens with zero attached hydrogens (tertiary/aromatic N) is 4. The van der Waals surface area contributed by atoms with Gasteiger partial charge in [-0.05, 0) is 61.4 Å². The van der Waals surface area contributed by atoms with Crippen molar-refractivity contribution in [2.24, 2.45) is 12.8 Å². The molecule has 2 aromatic heterocycles. The van der Waals surface area contributed by atoms with Crippen molar-refractivity contribution in [3.63, 3.8) is 0 Å². The molecule has 0 aliphatic heterocycles. The maximum Gasteiger partial charge on any atom is 0.408 e. The Kier molecular flexibility index (Phi) is 11.2. The summed E-state index contributed by atoms with van der Waals surface area (Å²) in [5.41, 5.74) is 8.65. The van der Waals surface area contributed by atoms with Gasteiger partial charge in [-0.15, -0.1) is 0 Å². The number of rotatable bonds is 14. The summed E-state index contributed by atoms with van der Waals surface area (Å²) in [6.45, 7) is 4.68. The molecule has 0 saturated heterocycles. The van der Waals surface area contributed by atoms with Crippen molar-refractivity contribution in [2.75, 3.05) is 24.7 Å². The van der Waals surface area contributed by atoms with Crippen LogP contribution in [0.2, 0.25) is 0 Å². The Morgan fingerprint density at radius 1 is 1.05 bits per heavy atom. The predicted octanol–water partition coefficient (Wildman–Crippen LogP) is 4.63. The molecule has 0 spiro atoms. The SMILES string of the molecule is CCCCOC(=O)NC(N)c1ccc(OCc2nc3cc(C(=O)N(CCC(=O)OCC)c4ccccn4)ccc3n2C)cc1. The van der Waals surface area contributed by atoms with Crippen LogP contribution in [0.3, 0.4) is 0 Å². The monoisotopic (exact) mass is 602 g/mol. The van der Waals surface area contributed by atoms with E-state index in [1.54, 1.807) is 67.7 Å². The molecule has 1 atom stereocenters. The minimum atomic E-state index is -0.714. The number of aromatic nitrogens is 3. The highest BCUT2D eigenvalue weighted by molar-refractivity contribution is 6.07. The molecule has 0 bridgehead atoms. The molecule has 1 unspecified atom stereocenters. The standard InChI is InChI=1S/C32H38N6O6/c1-4-6-19-43-32(41)36-30(33)22-10-13-24(14-11-22)44-21-28-35-25-20-23(12-15-26(25)37(28)3)31(40)38(18-16-29(39)42-5-2)27-9-7-8-17-34-27/h7-15,17,20,30H,4-6,16,18-19,21,33H2,1-3H3,(H,36,41). The van der Waals surface area contributed by atoms with Gasteiger partial charge in [0, 0.05) is 25.4 Å². The van der Waals surface area contributed by atoms with E-state index < -0.39 is 12.3 Å². The van der Waals surface area contributed by atoms with Gasteiger partial charge in [0.25, 0.3) is 5.91 Å². The van der Waals surface area contributed by atoms with Crippen molar-refractivity contribution in [1.29, 1.82) is 0 Å². The molecule has 12 heteroatoms. The van der Waals surface area contributed by atoms with Crippen LogP contribution >= 0.6 is 0 Å². The van der Waals surface area contributed by atoms with E-state index in [4.69, 9.17) is 24.9 Å². The molecule has 232 valence electrons. The molecule has 4 rings (SSSR count). The quantitative estimate of drug-likeness (QED) is 0.120. The largest absolute Gasteiger partial charge is 0.486 e. The second-order valence-electron chi connectivity index (χ2n) is 9.96. The Balaban J connectivity index is 1.42. The van der Waals surface area contributed by atoms with Gasteiger partial charge in [-0.1, -0.05) is 31.5 Å². The van der Waals surface area contributed by atoms with Gasteiger partial charge in [-0.3, -0.25) is 14.5 Å². The number of esters is 1. The number of ether oxygens (including phenoxy) is 3. The molecule has 0 fully saturated rings. The third-order valence-electron chi connectivity index (χ3n) is 6.85. The lowest BCUT2D eigenvalue weighted by Crippen LogP contribution is -2.34. The number of fused-ring (bicyclic) bond motifs is 1. The van der Waals surface area contributed by atoms with Gasteiger partial charge in [0.1, 0.15) is 30.2 Å². The van der Waals surface area contributed by atoms with Crippen LogP contribution in [-0.4, -0.2) is 52.3 Å². The van der Waals surface area contributed by atoms with Crippen molar-refractivity contribution >= 4 is 34.8 Å². The summed E-state index contributed by atoms with van der Waals surface area (Å²) >= 11 is 0. The summed E-state index contributed by atoms with van der Waals surface area (Å²) < 4.78 is 18.0. The summed E-state index contributed by atoms with van der Waals surface area (Å²) in [6, 6.07) is 17.6. The number of nitrogens with two attached hydrogens (primary N) is 1. The average molecular weight is 603 g/mol. The molecule has 2 amide bonds.